The van der Waals surface area contributed by atoms with Crippen LogP contribution in [0.3, 0.4) is 0 Å². The molecule has 1 saturated carbocycles. The molecule has 96 valence electrons. The number of ether oxygens (including phenoxy) is 1. The fourth-order valence-corrected chi connectivity index (χ4v) is 1.93. The fourth-order valence-electron chi connectivity index (χ4n) is 1.93. The second-order valence-corrected chi connectivity index (χ2v) is 5.16. The summed E-state index contributed by atoms with van der Waals surface area (Å²) in [6.07, 6.45) is 2.43. The molecule has 1 unspecified atom stereocenters. The van der Waals surface area contributed by atoms with Crippen LogP contribution >= 0.6 is 0 Å². The Morgan fingerprint density at radius 3 is 2.56 bits per heavy atom. The zero-order chi connectivity index (χ0) is 13.0. The highest BCUT2D eigenvalue weighted by molar-refractivity contribution is 5.32. The number of benzene rings is 1. The third-order valence-electron chi connectivity index (χ3n) is 3.12. The van der Waals surface area contributed by atoms with Crippen LogP contribution in [0.5, 0.6) is 0 Å². The van der Waals surface area contributed by atoms with Crippen LogP contribution in [0.1, 0.15) is 32.3 Å². The van der Waals surface area contributed by atoms with E-state index in [1.807, 2.05) is 44.2 Å². The lowest BCUT2D eigenvalue weighted by Crippen LogP contribution is -2.47. The van der Waals surface area contributed by atoms with Gasteiger partial charge in [-0.15, -0.1) is 0 Å². The summed E-state index contributed by atoms with van der Waals surface area (Å²) in [5, 5.41) is 13.1. The quantitative estimate of drug-likeness (QED) is 0.836. The standard InChI is InChI=1S/C15H20N2O/c1-12(2)18-11-15(10-16,17-14-8-9-14)13-6-4-3-5-7-13/h3-7,12,14,17H,8-9,11H2,1-2H3. The molecule has 0 heterocycles. The van der Waals surface area contributed by atoms with Crippen molar-refractivity contribution in [3.8, 4) is 6.07 Å². The van der Waals surface area contributed by atoms with Crippen molar-refractivity contribution in [1.29, 1.82) is 5.26 Å². The van der Waals surface area contributed by atoms with Gasteiger partial charge in [0.1, 0.15) is 0 Å². The van der Waals surface area contributed by atoms with Gasteiger partial charge in [0.25, 0.3) is 0 Å². The molecule has 0 spiro atoms. The molecule has 3 heteroatoms. The Hall–Kier alpha value is -1.37. The summed E-state index contributed by atoms with van der Waals surface area (Å²) in [5.74, 6) is 0. The molecule has 0 aromatic heterocycles. The maximum absolute atomic E-state index is 9.63. The van der Waals surface area contributed by atoms with Crippen LogP contribution in [0.2, 0.25) is 0 Å². The van der Waals surface area contributed by atoms with E-state index in [2.05, 4.69) is 11.4 Å². The van der Waals surface area contributed by atoms with Crippen LogP contribution in [-0.4, -0.2) is 18.8 Å². The van der Waals surface area contributed by atoms with Crippen LogP contribution in [0.15, 0.2) is 30.3 Å². The zero-order valence-corrected chi connectivity index (χ0v) is 11.0. The highest BCUT2D eigenvalue weighted by atomic mass is 16.5. The van der Waals surface area contributed by atoms with Gasteiger partial charge in [0, 0.05) is 6.04 Å². The van der Waals surface area contributed by atoms with Gasteiger partial charge in [0.05, 0.1) is 18.8 Å². The molecule has 0 bridgehead atoms. The van der Waals surface area contributed by atoms with Crippen molar-refractivity contribution in [3.63, 3.8) is 0 Å². The number of nitrogens with one attached hydrogen (secondary N) is 1. The van der Waals surface area contributed by atoms with E-state index in [4.69, 9.17) is 4.74 Å². The van der Waals surface area contributed by atoms with Gasteiger partial charge in [-0.3, -0.25) is 5.32 Å². The van der Waals surface area contributed by atoms with Crippen LogP contribution in [0.25, 0.3) is 0 Å². The van der Waals surface area contributed by atoms with Crippen molar-refractivity contribution >= 4 is 0 Å². The summed E-state index contributed by atoms with van der Waals surface area (Å²) < 4.78 is 5.70. The second-order valence-electron chi connectivity index (χ2n) is 5.16. The van der Waals surface area contributed by atoms with Crippen molar-refractivity contribution in [2.24, 2.45) is 0 Å². The first-order valence-corrected chi connectivity index (χ1v) is 6.52. The summed E-state index contributed by atoms with van der Waals surface area (Å²) in [4.78, 5) is 0. The van der Waals surface area contributed by atoms with Gasteiger partial charge in [-0.05, 0) is 32.3 Å². The first kappa shape index (κ1) is 13.1. The molecule has 0 amide bonds. The summed E-state index contributed by atoms with van der Waals surface area (Å²) >= 11 is 0. The van der Waals surface area contributed by atoms with Gasteiger partial charge in [-0.25, -0.2) is 0 Å². The molecular weight excluding hydrogens is 224 g/mol. The van der Waals surface area contributed by atoms with E-state index in [1.54, 1.807) is 0 Å². The molecule has 1 aliphatic rings. The van der Waals surface area contributed by atoms with E-state index in [-0.39, 0.29) is 6.10 Å². The third-order valence-corrected chi connectivity index (χ3v) is 3.12. The Balaban J connectivity index is 2.22. The third kappa shape index (κ3) is 3.10. The van der Waals surface area contributed by atoms with Crippen molar-refractivity contribution in [2.75, 3.05) is 6.61 Å². The molecule has 1 atom stereocenters. The largest absolute Gasteiger partial charge is 0.375 e. The Bertz CT molecular complexity index is 420. The van der Waals surface area contributed by atoms with E-state index < -0.39 is 5.54 Å². The summed E-state index contributed by atoms with van der Waals surface area (Å²) in [6, 6.07) is 12.7. The molecule has 1 N–H and O–H groups in total. The van der Waals surface area contributed by atoms with Crippen molar-refractivity contribution in [3.05, 3.63) is 35.9 Å². The van der Waals surface area contributed by atoms with Crippen molar-refractivity contribution < 1.29 is 4.74 Å². The minimum absolute atomic E-state index is 0.127. The lowest BCUT2D eigenvalue weighted by atomic mass is 9.92. The smallest absolute Gasteiger partial charge is 0.156 e. The van der Waals surface area contributed by atoms with E-state index >= 15 is 0 Å². The molecule has 0 aliphatic heterocycles. The number of nitriles is 1. The Labute approximate surface area is 109 Å². The molecule has 0 saturated heterocycles. The number of hydrogen-bond acceptors (Lipinski definition) is 3. The Morgan fingerprint density at radius 2 is 2.06 bits per heavy atom. The monoisotopic (exact) mass is 244 g/mol. The van der Waals surface area contributed by atoms with Crippen LogP contribution in [0.4, 0.5) is 0 Å². The Morgan fingerprint density at radius 1 is 1.39 bits per heavy atom. The Kier molecular flexibility index (Phi) is 4.00. The molecule has 18 heavy (non-hydrogen) atoms. The highest BCUT2D eigenvalue weighted by Crippen LogP contribution is 2.29. The maximum atomic E-state index is 9.63. The fraction of sp³-hybridized carbons (Fsp3) is 0.533. The minimum atomic E-state index is -0.716. The molecule has 1 fully saturated rings. The van der Waals surface area contributed by atoms with Crippen molar-refractivity contribution in [1.82, 2.24) is 5.32 Å². The van der Waals surface area contributed by atoms with Gasteiger partial charge in [-0.2, -0.15) is 5.26 Å². The molecule has 1 aromatic carbocycles. The molecule has 1 aromatic rings. The number of rotatable bonds is 6. The van der Waals surface area contributed by atoms with E-state index in [0.29, 0.717) is 12.6 Å². The summed E-state index contributed by atoms with van der Waals surface area (Å²) in [6.45, 7) is 4.37. The zero-order valence-electron chi connectivity index (χ0n) is 11.0. The average Bonchev–Trinajstić information content (AvgIpc) is 3.19. The summed E-state index contributed by atoms with van der Waals surface area (Å²) in [7, 11) is 0. The van der Waals surface area contributed by atoms with Crippen LogP contribution in [-0.2, 0) is 10.3 Å². The van der Waals surface area contributed by atoms with Gasteiger partial charge in [0.15, 0.2) is 5.54 Å². The average molecular weight is 244 g/mol. The second kappa shape index (κ2) is 5.51. The van der Waals surface area contributed by atoms with Gasteiger partial charge < -0.3 is 4.74 Å². The summed E-state index contributed by atoms with van der Waals surface area (Å²) in [5.41, 5.74) is 0.271. The predicted molar refractivity (Wildman–Crippen MR) is 71.0 cm³/mol. The highest BCUT2D eigenvalue weighted by Gasteiger charge is 2.38. The molecule has 0 radical (unpaired) electrons. The lowest BCUT2D eigenvalue weighted by molar-refractivity contribution is 0.0424. The normalized spacial score (nSPS) is 18.3. The van der Waals surface area contributed by atoms with Crippen LogP contribution < -0.4 is 5.32 Å². The lowest BCUT2D eigenvalue weighted by Gasteiger charge is -2.29. The van der Waals surface area contributed by atoms with Gasteiger partial charge in [-0.1, -0.05) is 30.3 Å². The number of nitrogens with zero attached hydrogens (tertiary/aromatic N) is 1. The van der Waals surface area contributed by atoms with E-state index in [9.17, 15) is 5.26 Å². The molecular formula is C15H20N2O. The molecule has 1 aliphatic carbocycles. The van der Waals surface area contributed by atoms with E-state index in [1.165, 1.54) is 0 Å². The number of hydrogen-bond donors (Lipinski definition) is 1. The van der Waals surface area contributed by atoms with Crippen molar-refractivity contribution in [2.45, 2.75) is 44.4 Å². The first-order chi connectivity index (χ1) is 8.66. The predicted octanol–water partition coefficient (Wildman–Crippen LogP) is 2.58. The van der Waals surface area contributed by atoms with Crippen LogP contribution in [0, 0.1) is 11.3 Å². The first-order valence-electron chi connectivity index (χ1n) is 6.52. The minimum Gasteiger partial charge on any atom is -0.375 e. The van der Waals surface area contributed by atoms with Gasteiger partial charge in [0.2, 0.25) is 0 Å². The van der Waals surface area contributed by atoms with E-state index in [0.717, 1.165) is 18.4 Å². The molecule has 3 nitrogen and oxygen atoms in total. The SMILES string of the molecule is CC(C)OCC(C#N)(NC1CC1)c1ccccc1. The topological polar surface area (TPSA) is 45.0 Å². The maximum Gasteiger partial charge on any atom is 0.156 e. The van der Waals surface area contributed by atoms with Gasteiger partial charge >= 0.3 is 0 Å². The molecule has 2 rings (SSSR count).